The van der Waals surface area contributed by atoms with Crippen LogP contribution in [0.1, 0.15) is 35.6 Å². The number of hydrogen-bond acceptors (Lipinski definition) is 3. The van der Waals surface area contributed by atoms with Crippen LogP contribution in [0.5, 0.6) is 0 Å². The number of carboxylic acid groups (broad SMARTS) is 1. The van der Waals surface area contributed by atoms with Gasteiger partial charge in [0.2, 0.25) is 0 Å². The Morgan fingerprint density at radius 3 is 2.44 bits per heavy atom. The second kappa shape index (κ2) is 7.92. The van der Waals surface area contributed by atoms with E-state index < -0.39 is 23.7 Å². The van der Waals surface area contributed by atoms with E-state index in [1.165, 1.54) is 28.9 Å². The molecule has 25 heavy (non-hydrogen) atoms. The van der Waals surface area contributed by atoms with Gasteiger partial charge in [-0.05, 0) is 36.1 Å². The number of carbonyl (C=O) groups is 2. The second-order valence-electron chi connectivity index (χ2n) is 6.44. The molecule has 1 heterocycles. The molecule has 2 N–H and O–H groups in total. The maximum atomic E-state index is 13.0. The molecule has 2 rings (SSSR count). The molecule has 1 aromatic carbocycles. The molecular weight excluding hydrogens is 325 g/mol. The second-order valence-corrected chi connectivity index (χ2v) is 6.44. The van der Waals surface area contributed by atoms with E-state index >= 15 is 0 Å². The zero-order valence-electron chi connectivity index (χ0n) is 14.5. The molecule has 0 aliphatic rings. The van der Waals surface area contributed by atoms with Crippen LogP contribution < -0.4 is 5.32 Å². The number of aromatic nitrogens is 2. The van der Waals surface area contributed by atoms with Crippen molar-refractivity contribution < 1.29 is 19.1 Å². The van der Waals surface area contributed by atoms with Crippen molar-refractivity contribution in [3.05, 3.63) is 53.1 Å². The predicted octanol–water partition coefficient (Wildman–Crippen LogP) is 2.18. The van der Waals surface area contributed by atoms with Crippen molar-refractivity contribution in [1.29, 1.82) is 0 Å². The summed E-state index contributed by atoms with van der Waals surface area (Å²) in [6.07, 6.45) is 0.803. The maximum Gasteiger partial charge on any atom is 0.326 e. The Hall–Kier alpha value is -2.70. The largest absolute Gasteiger partial charge is 0.480 e. The summed E-state index contributed by atoms with van der Waals surface area (Å²) in [5.41, 5.74) is 1.72. The van der Waals surface area contributed by atoms with Crippen molar-refractivity contribution in [1.82, 2.24) is 15.1 Å². The number of hydrogen-bond donors (Lipinski definition) is 2. The molecule has 2 aromatic rings. The number of carbonyl (C=O) groups excluding carboxylic acids is 1. The summed E-state index contributed by atoms with van der Waals surface area (Å²) in [6, 6.07) is 6.09. The van der Waals surface area contributed by atoms with Gasteiger partial charge in [-0.3, -0.25) is 9.48 Å². The number of amides is 1. The highest BCUT2D eigenvalue weighted by atomic mass is 19.1. The minimum absolute atomic E-state index is 0.0675. The molecule has 0 fully saturated rings. The molecular formula is C18H22FN3O3. The average Bonchev–Trinajstić information content (AvgIpc) is 2.88. The number of aryl methyl sites for hydroxylation is 1. The van der Waals surface area contributed by atoms with E-state index in [0.29, 0.717) is 17.2 Å². The summed E-state index contributed by atoms with van der Waals surface area (Å²) in [6.45, 7) is 4.11. The van der Waals surface area contributed by atoms with Gasteiger partial charge < -0.3 is 10.4 Å². The zero-order chi connectivity index (χ0) is 18.6. The number of rotatable bonds is 7. The standard InChI is InChI=1S/C18H22FN3O3/c1-11(2)8-14-10-16(22(3)21-14)17(23)20-15(18(24)25)9-12-4-6-13(19)7-5-12/h4-7,10-11,15H,8-9H2,1-3H3,(H,20,23)(H,24,25)/t15-/m1/s1. The molecule has 6 nitrogen and oxygen atoms in total. The van der Waals surface area contributed by atoms with Crippen LogP contribution in [0.3, 0.4) is 0 Å². The minimum Gasteiger partial charge on any atom is -0.480 e. The molecule has 0 aliphatic heterocycles. The van der Waals surface area contributed by atoms with Crippen LogP contribution >= 0.6 is 0 Å². The quantitative estimate of drug-likeness (QED) is 0.804. The first-order valence-electron chi connectivity index (χ1n) is 8.07. The molecule has 0 unspecified atom stereocenters. The topological polar surface area (TPSA) is 84.2 Å². The Balaban J connectivity index is 2.11. The lowest BCUT2D eigenvalue weighted by Gasteiger charge is -2.14. The Labute approximate surface area is 145 Å². The normalized spacial score (nSPS) is 12.2. The number of nitrogens with one attached hydrogen (secondary N) is 1. The highest BCUT2D eigenvalue weighted by Crippen LogP contribution is 2.10. The first-order chi connectivity index (χ1) is 11.8. The summed E-state index contributed by atoms with van der Waals surface area (Å²) in [4.78, 5) is 23.9. The van der Waals surface area contributed by atoms with Gasteiger partial charge in [0.05, 0.1) is 5.69 Å². The van der Waals surface area contributed by atoms with Crippen molar-refractivity contribution in [2.24, 2.45) is 13.0 Å². The summed E-state index contributed by atoms with van der Waals surface area (Å²) in [7, 11) is 1.65. The molecule has 134 valence electrons. The van der Waals surface area contributed by atoms with Crippen LogP contribution in [-0.4, -0.2) is 32.8 Å². The molecule has 0 saturated heterocycles. The van der Waals surface area contributed by atoms with Crippen LogP contribution in [0.4, 0.5) is 4.39 Å². The zero-order valence-corrected chi connectivity index (χ0v) is 14.5. The van der Waals surface area contributed by atoms with Crippen molar-refractivity contribution >= 4 is 11.9 Å². The highest BCUT2D eigenvalue weighted by Gasteiger charge is 2.23. The summed E-state index contributed by atoms with van der Waals surface area (Å²) < 4.78 is 14.4. The Morgan fingerprint density at radius 2 is 1.88 bits per heavy atom. The van der Waals surface area contributed by atoms with E-state index in [0.717, 1.165) is 12.1 Å². The van der Waals surface area contributed by atoms with Crippen molar-refractivity contribution in [2.45, 2.75) is 32.7 Å². The lowest BCUT2D eigenvalue weighted by atomic mass is 10.1. The van der Waals surface area contributed by atoms with Gasteiger partial charge >= 0.3 is 5.97 Å². The lowest BCUT2D eigenvalue weighted by molar-refractivity contribution is -0.139. The number of nitrogens with zero attached hydrogens (tertiary/aromatic N) is 2. The number of halogens is 1. The third kappa shape index (κ3) is 5.14. The van der Waals surface area contributed by atoms with Gasteiger partial charge in [0.15, 0.2) is 0 Å². The summed E-state index contributed by atoms with van der Waals surface area (Å²) in [5, 5.41) is 16.2. The van der Waals surface area contributed by atoms with E-state index in [4.69, 9.17) is 0 Å². The van der Waals surface area contributed by atoms with Gasteiger partial charge in [-0.1, -0.05) is 26.0 Å². The lowest BCUT2D eigenvalue weighted by Crippen LogP contribution is -2.42. The SMILES string of the molecule is CC(C)Cc1cc(C(=O)N[C@H](Cc2ccc(F)cc2)C(=O)O)n(C)n1. The van der Waals surface area contributed by atoms with Crippen LogP contribution in [-0.2, 0) is 24.7 Å². The van der Waals surface area contributed by atoms with E-state index in [1.54, 1.807) is 13.1 Å². The molecule has 7 heteroatoms. The van der Waals surface area contributed by atoms with E-state index in [-0.39, 0.29) is 6.42 Å². The predicted molar refractivity (Wildman–Crippen MR) is 90.7 cm³/mol. The molecule has 1 atom stereocenters. The van der Waals surface area contributed by atoms with Crippen molar-refractivity contribution in [3.8, 4) is 0 Å². The van der Waals surface area contributed by atoms with Gasteiger partial charge in [-0.15, -0.1) is 0 Å². The monoisotopic (exact) mass is 347 g/mol. The molecule has 0 bridgehead atoms. The van der Waals surface area contributed by atoms with Gasteiger partial charge in [0.1, 0.15) is 17.6 Å². The molecule has 1 amide bonds. The number of benzene rings is 1. The van der Waals surface area contributed by atoms with Crippen LogP contribution in [0.25, 0.3) is 0 Å². The van der Waals surface area contributed by atoms with Gasteiger partial charge in [-0.2, -0.15) is 5.10 Å². The summed E-state index contributed by atoms with van der Waals surface area (Å²) in [5.74, 6) is -1.65. The van der Waals surface area contributed by atoms with Crippen molar-refractivity contribution in [2.75, 3.05) is 0 Å². The molecule has 0 aliphatic carbocycles. The smallest absolute Gasteiger partial charge is 0.326 e. The minimum atomic E-state index is -1.15. The third-order valence-electron chi connectivity index (χ3n) is 3.74. The number of carboxylic acids is 1. The maximum absolute atomic E-state index is 13.0. The third-order valence-corrected chi connectivity index (χ3v) is 3.74. The molecule has 0 radical (unpaired) electrons. The fourth-order valence-electron chi connectivity index (χ4n) is 2.55. The van der Waals surface area contributed by atoms with Crippen LogP contribution in [0.2, 0.25) is 0 Å². The molecule has 0 spiro atoms. The fourth-order valence-corrected chi connectivity index (χ4v) is 2.55. The number of aliphatic carboxylic acids is 1. The van der Waals surface area contributed by atoms with Gasteiger partial charge in [0.25, 0.3) is 5.91 Å². The highest BCUT2D eigenvalue weighted by molar-refractivity contribution is 5.95. The molecule has 0 saturated carbocycles. The average molecular weight is 347 g/mol. The van der Waals surface area contributed by atoms with E-state index in [9.17, 15) is 19.1 Å². The fraction of sp³-hybridized carbons (Fsp3) is 0.389. The van der Waals surface area contributed by atoms with Crippen LogP contribution in [0.15, 0.2) is 30.3 Å². The van der Waals surface area contributed by atoms with E-state index in [1.807, 2.05) is 0 Å². The van der Waals surface area contributed by atoms with Crippen molar-refractivity contribution in [3.63, 3.8) is 0 Å². The summed E-state index contributed by atoms with van der Waals surface area (Å²) >= 11 is 0. The van der Waals surface area contributed by atoms with Crippen LogP contribution in [0, 0.1) is 11.7 Å². The molecule has 1 aromatic heterocycles. The Morgan fingerprint density at radius 1 is 1.24 bits per heavy atom. The van der Waals surface area contributed by atoms with E-state index in [2.05, 4.69) is 24.3 Å². The Kier molecular flexibility index (Phi) is 5.90. The first kappa shape index (κ1) is 18.6. The Bertz CT molecular complexity index is 753. The first-order valence-corrected chi connectivity index (χ1v) is 8.07. The van der Waals surface area contributed by atoms with Gasteiger partial charge in [-0.25, -0.2) is 9.18 Å². The van der Waals surface area contributed by atoms with Gasteiger partial charge in [0, 0.05) is 13.5 Å².